The number of nitrogens with one attached hydrogen (secondary N) is 1. The molecule has 1 unspecified atom stereocenters. The van der Waals surface area contributed by atoms with Crippen molar-refractivity contribution in [1.29, 1.82) is 0 Å². The van der Waals surface area contributed by atoms with Gasteiger partial charge in [-0.15, -0.1) is 12.4 Å². The van der Waals surface area contributed by atoms with Crippen molar-refractivity contribution in [3.05, 3.63) is 53.2 Å². The number of nitrogens with zero attached hydrogens (tertiary/aromatic N) is 1. The Morgan fingerprint density at radius 1 is 1.27 bits per heavy atom. The van der Waals surface area contributed by atoms with Gasteiger partial charge in [-0.2, -0.15) is 0 Å². The second-order valence-corrected chi connectivity index (χ2v) is 5.40. The van der Waals surface area contributed by atoms with Crippen LogP contribution in [0.15, 0.2) is 35.1 Å². The van der Waals surface area contributed by atoms with E-state index in [1.165, 1.54) is 12.0 Å². The number of carbonyl (C=O) groups is 1. The molecule has 1 amide bonds. The van der Waals surface area contributed by atoms with Gasteiger partial charge in [0.25, 0.3) is 5.91 Å². The summed E-state index contributed by atoms with van der Waals surface area (Å²) in [5.74, 6) is 0.725. The largest absolute Gasteiger partial charge is 0.448 e. The van der Waals surface area contributed by atoms with Gasteiger partial charge >= 0.3 is 0 Å². The SMILES string of the molecule is Cc1ocnc1C(=O)NCC(N)c1ccc(C(C)C)cc1.Cl. The molecule has 1 atom stereocenters. The van der Waals surface area contributed by atoms with E-state index in [1.54, 1.807) is 6.92 Å². The Balaban J connectivity index is 0.00000242. The lowest BCUT2D eigenvalue weighted by Crippen LogP contribution is -2.32. The molecule has 0 radical (unpaired) electrons. The quantitative estimate of drug-likeness (QED) is 0.886. The minimum absolute atomic E-state index is 0. The van der Waals surface area contributed by atoms with E-state index in [4.69, 9.17) is 10.2 Å². The van der Waals surface area contributed by atoms with Gasteiger partial charge in [0.05, 0.1) is 0 Å². The van der Waals surface area contributed by atoms with Crippen LogP contribution in [0, 0.1) is 6.92 Å². The Kier molecular flexibility index (Phi) is 6.59. The van der Waals surface area contributed by atoms with Crippen LogP contribution < -0.4 is 11.1 Å². The Hall–Kier alpha value is -1.85. The first kappa shape index (κ1) is 18.2. The third-order valence-corrected chi connectivity index (χ3v) is 3.47. The highest BCUT2D eigenvalue weighted by Gasteiger charge is 2.15. The van der Waals surface area contributed by atoms with Crippen molar-refractivity contribution in [3.8, 4) is 0 Å². The third kappa shape index (κ3) is 4.32. The number of aryl methyl sites for hydroxylation is 1. The van der Waals surface area contributed by atoms with Crippen molar-refractivity contribution < 1.29 is 9.21 Å². The summed E-state index contributed by atoms with van der Waals surface area (Å²) in [5.41, 5.74) is 8.67. The van der Waals surface area contributed by atoms with Gasteiger partial charge in [-0.3, -0.25) is 4.79 Å². The van der Waals surface area contributed by atoms with E-state index < -0.39 is 0 Å². The number of halogens is 1. The third-order valence-electron chi connectivity index (χ3n) is 3.47. The standard InChI is InChI=1S/C16H21N3O2.ClH/c1-10(2)12-4-6-13(7-5-12)14(17)8-18-16(20)15-11(3)21-9-19-15;/h4-7,9-10,14H,8,17H2,1-3H3,(H,18,20);1H. The van der Waals surface area contributed by atoms with Crippen molar-refractivity contribution in [3.63, 3.8) is 0 Å². The topological polar surface area (TPSA) is 81.2 Å². The monoisotopic (exact) mass is 323 g/mol. The highest BCUT2D eigenvalue weighted by molar-refractivity contribution is 5.93. The maximum Gasteiger partial charge on any atom is 0.273 e. The summed E-state index contributed by atoms with van der Waals surface area (Å²) < 4.78 is 5.01. The molecule has 2 rings (SSSR count). The molecule has 3 N–H and O–H groups in total. The molecule has 1 heterocycles. The Morgan fingerprint density at radius 3 is 2.36 bits per heavy atom. The Bertz CT molecular complexity index is 608. The van der Waals surface area contributed by atoms with Crippen LogP contribution in [0.2, 0.25) is 0 Å². The fraction of sp³-hybridized carbons (Fsp3) is 0.375. The predicted molar refractivity (Wildman–Crippen MR) is 88.3 cm³/mol. The highest BCUT2D eigenvalue weighted by atomic mass is 35.5. The summed E-state index contributed by atoms with van der Waals surface area (Å²) in [6.07, 6.45) is 1.26. The average molecular weight is 324 g/mol. The second kappa shape index (κ2) is 7.96. The van der Waals surface area contributed by atoms with E-state index in [1.807, 2.05) is 12.1 Å². The van der Waals surface area contributed by atoms with Crippen LogP contribution in [0.5, 0.6) is 0 Å². The molecule has 1 aromatic heterocycles. The van der Waals surface area contributed by atoms with Crippen molar-refractivity contribution in [2.75, 3.05) is 6.54 Å². The van der Waals surface area contributed by atoms with Crippen molar-refractivity contribution >= 4 is 18.3 Å². The molecule has 0 saturated carbocycles. The first-order chi connectivity index (χ1) is 9.99. The molecule has 2 aromatic rings. The number of hydrogen-bond acceptors (Lipinski definition) is 4. The van der Waals surface area contributed by atoms with Crippen molar-refractivity contribution in [2.24, 2.45) is 5.73 Å². The molecule has 0 spiro atoms. The zero-order valence-electron chi connectivity index (χ0n) is 13.0. The van der Waals surface area contributed by atoms with Gasteiger partial charge in [0.2, 0.25) is 0 Å². The number of nitrogens with two attached hydrogens (primary N) is 1. The minimum atomic E-state index is -0.268. The molecule has 5 nitrogen and oxygen atoms in total. The van der Waals surface area contributed by atoms with Gasteiger partial charge in [0.15, 0.2) is 12.1 Å². The van der Waals surface area contributed by atoms with Crippen LogP contribution in [0.3, 0.4) is 0 Å². The van der Waals surface area contributed by atoms with Crippen LogP contribution in [-0.4, -0.2) is 17.4 Å². The van der Waals surface area contributed by atoms with Gasteiger partial charge in [-0.05, 0) is 24.0 Å². The zero-order chi connectivity index (χ0) is 15.4. The molecule has 0 bridgehead atoms. The molecule has 0 aliphatic heterocycles. The van der Waals surface area contributed by atoms with E-state index in [0.717, 1.165) is 5.56 Å². The lowest BCUT2D eigenvalue weighted by molar-refractivity contribution is 0.0945. The van der Waals surface area contributed by atoms with Crippen LogP contribution in [0.1, 0.15) is 53.2 Å². The van der Waals surface area contributed by atoms with Crippen LogP contribution in [0.25, 0.3) is 0 Å². The number of oxazole rings is 1. The summed E-state index contributed by atoms with van der Waals surface area (Å²) in [4.78, 5) is 15.8. The van der Waals surface area contributed by atoms with Crippen molar-refractivity contribution in [1.82, 2.24) is 10.3 Å². The number of hydrogen-bond donors (Lipinski definition) is 2. The first-order valence-electron chi connectivity index (χ1n) is 7.02. The van der Waals surface area contributed by atoms with E-state index >= 15 is 0 Å². The molecule has 0 aliphatic carbocycles. The molecular weight excluding hydrogens is 302 g/mol. The fourth-order valence-corrected chi connectivity index (χ4v) is 2.06. The molecule has 1 aromatic carbocycles. The molecular formula is C16H22ClN3O2. The van der Waals surface area contributed by atoms with E-state index in [-0.39, 0.29) is 24.4 Å². The van der Waals surface area contributed by atoms with Crippen LogP contribution >= 0.6 is 12.4 Å². The number of rotatable bonds is 5. The normalized spacial score (nSPS) is 11.9. The summed E-state index contributed by atoms with van der Waals surface area (Å²) in [5, 5.41) is 2.78. The molecule has 6 heteroatoms. The Labute approximate surface area is 136 Å². The van der Waals surface area contributed by atoms with E-state index in [2.05, 4.69) is 36.3 Å². The van der Waals surface area contributed by atoms with E-state index in [9.17, 15) is 4.79 Å². The fourth-order valence-electron chi connectivity index (χ4n) is 2.06. The summed E-state index contributed by atoms with van der Waals surface area (Å²) in [7, 11) is 0. The first-order valence-corrected chi connectivity index (χ1v) is 7.02. The van der Waals surface area contributed by atoms with Crippen molar-refractivity contribution in [2.45, 2.75) is 32.7 Å². The van der Waals surface area contributed by atoms with Gasteiger partial charge < -0.3 is 15.5 Å². The second-order valence-electron chi connectivity index (χ2n) is 5.40. The molecule has 0 fully saturated rings. The summed E-state index contributed by atoms with van der Waals surface area (Å²) >= 11 is 0. The van der Waals surface area contributed by atoms with E-state index in [0.29, 0.717) is 23.9 Å². The summed E-state index contributed by atoms with van der Waals surface area (Å²) in [6, 6.07) is 7.91. The van der Waals surface area contributed by atoms with Gasteiger partial charge in [-0.1, -0.05) is 38.1 Å². The number of amides is 1. The smallest absolute Gasteiger partial charge is 0.273 e. The molecule has 0 saturated heterocycles. The predicted octanol–water partition coefficient (Wildman–Crippen LogP) is 2.96. The molecule has 120 valence electrons. The molecule has 0 aliphatic rings. The van der Waals surface area contributed by atoms with Gasteiger partial charge in [0, 0.05) is 12.6 Å². The average Bonchev–Trinajstić information content (AvgIpc) is 2.90. The van der Waals surface area contributed by atoms with Gasteiger partial charge in [0.1, 0.15) is 5.76 Å². The molecule has 22 heavy (non-hydrogen) atoms. The Morgan fingerprint density at radius 2 is 1.86 bits per heavy atom. The van der Waals surface area contributed by atoms with Crippen LogP contribution in [0.4, 0.5) is 0 Å². The summed E-state index contributed by atoms with van der Waals surface area (Å²) in [6.45, 7) is 6.35. The number of aromatic nitrogens is 1. The van der Waals surface area contributed by atoms with Gasteiger partial charge in [-0.25, -0.2) is 4.98 Å². The van der Waals surface area contributed by atoms with Crippen LogP contribution in [-0.2, 0) is 0 Å². The maximum absolute atomic E-state index is 11.9. The lowest BCUT2D eigenvalue weighted by atomic mass is 9.99. The lowest BCUT2D eigenvalue weighted by Gasteiger charge is -2.14. The zero-order valence-corrected chi connectivity index (χ0v) is 13.8. The number of carbonyl (C=O) groups excluding carboxylic acids is 1. The number of benzene rings is 1. The maximum atomic E-state index is 11.9. The highest BCUT2D eigenvalue weighted by Crippen LogP contribution is 2.17. The minimum Gasteiger partial charge on any atom is -0.448 e.